The van der Waals surface area contributed by atoms with E-state index in [0.717, 1.165) is 40.2 Å². The van der Waals surface area contributed by atoms with E-state index in [0.29, 0.717) is 6.42 Å². The summed E-state index contributed by atoms with van der Waals surface area (Å²) in [5.74, 6) is -0.0383. The second kappa shape index (κ2) is 11.5. The normalized spacial score (nSPS) is 11.6. The van der Waals surface area contributed by atoms with Gasteiger partial charge in [0.2, 0.25) is 11.8 Å². The van der Waals surface area contributed by atoms with Crippen LogP contribution in [0.15, 0.2) is 77.7 Å². The van der Waals surface area contributed by atoms with Gasteiger partial charge in [-0.15, -0.1) is 11.8 Å². The molecule has 0 bridgehead atoms. The van der Waals surface area contributed by atoms with Gasteiger partial charge in [0, 0.05) is 22.7 Å². The predicted octanol–water partition coefficient (Wildman–Crippen LogP) is 6.90. The highest BCUT2D eigenvalue weighted by Crippen LogP contribution is 2.36. The van der Waals surface area contributed by atoms with Crippen molar-refractivity contribution in [2.24, 2.45) is 0 Å². The van der Waals surface area contributed by atoms with Crippen molar-refractivity contribution in [3.05, 3.63) is 89.5 Å². The van der Waals surface area contributed by atoms with Crippen molar-refractivity contribution < 1.29 is 9.59 Å². The summed E-state index contributed by atoms with van der Waals surface area (Å²) in [6.45, 7) is 6.16. The molecule has 3 aromatic rings. The maximum absolute atomic E-state index is 13.2. The summed E-state index contributed by atoms with van der Waals surface area (Å²) >= 11 is 1.49. The number of hydrogen-bond donors (Lipinski definition) is 2. The van der Waals surface area contributed by atoms with Crippen molar-refractivity contribution >= 4 is 35.0 Å². The molecule has 166 valence electrons. The minimum atomic E-state index is -0.400. The molecule has 3 aromatic carbocycles. The number of rotatable bonds is 9. The van der Waals surface area contributed by atoms with Gasteiger partial charge in [0.15, 0.2) is 0 Å². The predicted molar refractivity (Wildman–Crippen MR) is 134 cm³/mol. The zero-order valence-electron chi connectivity index (χ0n) is 18.9. The Kier molecular flexibility index (Phi) is 8.51. The molecule has 0 aliphatic heterocycles. The third-order valence-corrected chi connectivity index (χ3v) is 6.53. The lowest BCUT2D eigenvalue weighted by Gasteiger charge is -2.18. The highest BCUT2D eigenvalue weighted by atomic mass is 32.2. The van der Waals surface area contributed by atoms with Gasteiger partial charge in [0.05, 0.1) is 0 Å². The standard InChI is InChI=1S/C27H30N2O2S/c1-4-5-11-25(30)28-22-14-16-24(17-15-22)32-26(21-9-7-6-8-10-21)27(31)29-23-13-12-19(2)20(3)18-23/h6-10,12-18,26H,4-5,11H2,1-3H3,(H,28,30)(H,29,31). The maximum atomic E-state index is 13.2. The highest BCUT2D eigenvalue weighted by molar-refractivity contribution is 8.00. The fourth-order valence-electron chi connectivity index (χ4n) is 3.24. The third kappa shape index (κ3) is 6.72. The molecule has 5 heteroatoms. The zero-order chi connectivity index (χ0) is 22.9. The second-order valence-corrected chi connectivity index (χ2v) is 9.05. The fourth-order valence-corrected chi connectivity index (χ4v) is 4.27. The van der Waals surface area contributed by atoms with E-state index in [1.807, 2.05) is 79.7 Å². The summed E-state index contributed by atoms with van der Waals surface area (Å²) in [6.07, 6.45) is 2.41. The number of amides is 2. The Balaban J connectivity index is 1.74. The number of aryl methyl sites for hydroxylation is 2. The largest absolute Gasteiger partial charge is 0.326 e. The molecule has 0 saturated carbocycles. The number of hydrogen-bond acceptors (Lipinski definition) is 3. The molecular formula is C27H30N2O2S. The molecular weight excluding hydrogens is 416 g/mol. The van der Waals surface area contributed by atoms with Gasteiger partial charge < -0.3 is 10.6 Å². The Morgan fingerprint density at radius 1 is 0.844 bits per heavy atom. The molecule has 1 unspecified atom stereocenters. The lowest BCUT2D eigenvalue weighted by atomic mass is 10.1. The van der Waals surface area contributed by atoms with Crippen molar-refractivity contribution in [3.8, 4) is 0 Å². The molecule has 0 fully saturated rings. The first kappa shape index (κ1) is 23.6. The van der Waals surface area contributed by atoms with Crippen LogP contribution in [0.4, 0.5) is 11.4 Å². The van der Waals surface area contributed by atoms with Crippen LogP contribution in [0, 0.1) is 13.8 Å². The van der Waals surface area contributed by atoms with Crippen LogP contribution in [-0.4, -0.2) is 11.8 Å². The van der Waals surface area contributed by atoms with Crippen molar-refractivity contribution in [3.63, 3.8) is 0 Å². The van der Waals surface area contributed by atoms with Crippen LogP contribution < -0.4 is 10.6 Å². The molecule has 0 heterocycles. The van der Waals surface area contributed by atoms with E-state index in [1.165, 1.54) is 17.3 Å². The molecule has 0 saturated heterocycles. The van der Waals surface area contributed by atoms with Crippen LogP contribution in [0.5, 0.6) is 0 Å². The Morgan fingerprint density at radius 2 is 1.53 bits per heavy atom. The summed E-state index contributed by atoms with van der Waals surface area (Å²) in [4.78, 5) is 26.2. The van der Waals surface area contributed by atoms with Crippen molar-refractivity contribution in [2.75, 3.05) is 10.6 Å². The van der Waals surface area contributed by atoms with Crippen molar-refractivity contribution in [1.29, 1.82) is 0 Å². The first-order valence-electron chi connectivity index (χ1n) is 11.0. The average molecular weight is 447 g/mol. The average Bonchev–Trinajstić information content (AvgIpc) is 2.80. The van der Waals surface area contributed by atoms with Gasteiger partial charge in [-0.3, -0.25) is 9.59 Å². The monoisotopic (exact) mass is 446 g/mol. The summed E-state index contributed by atoms with van der Waals surface area (Å²) in [7, 11) is 0. The number of carbonyl (C=O) groups is 2. The van der Waals surface area contributed by atoms with Crippen molar-refractivity contribution in [2.45, 2.75) is 50.2 Å². The van der Waals surface area contributed by atoms with E-state index in [-0.39, 0.29) is 11.8 Å². The lowest BCUT2D eigenvalue weighted by Crippen LogP contribution is -2.19. The van der Waals surface area contributed by atoms with E-state index in [4.69, 9.17) is 0 Å². The first-order valence-corrected chi connectivity index (χ1v) is 11.8. The lowest BCUT2D eigenvalue weighted by molar-refractivity contribution is -0.116. The van der Waals surface area contributed by atoms with E-state index in [2.05, 4.69) is 24.5 Å². The quantitative estimate of drug-likeness (QED) is 0.351. The molecule has 0 aromatic heterocycles. The number of benzene rings is 3. The van der Waals surface area contributed by atoms with Crippen LogP contribution in [0.2, 0.25) is 0 Å². The van der Waals surface area contributed by atoms with Gasteiger partial charge in [0.25, 0.3) is 0 Å². The number of anilines is 2. The van der Waals surface area contributed by atoms with E-state index in [9.17, 15) is 9.59 Å². The van der Waals surface area contributed by atoms with Gasteiger partial charge in [-0.05, 0) is 73.4 Å². The van der Waals surface area contributed by atoms with Crippen LogP contribution >= 0.6 is 11.8 Å². The molecule has 2 N–H and O–H groups in total. The first-order chi connectivity index (χ1) is 15.5. The Morgan fingerprint density at radius 3 is 2.19 bits per heavy atom. The van der Waals surface area contributed by atoms with Gasteiger partial charge in [-0.1, -0.05) is 49.7 Å². The van der Waals surface area contributed by atoms with Gasteiger partial charge in [-0.25, -0.2) is 0 Å². The maximum Gasteiger partial charge on any atom is 0.242 e. The molecule has 32 heavy (non-hydrogen) atoms. The summed E-state index contributed by atoms with van der Waals surface area (Å²) in [5.41, 5.74) is 4.84. The van der Waals surface area contributed by atoms with E-state index in [1.54, 1.807) is 0 Å². The van der Waals surface area contributed by atoms with Gasteiger partial charge in [0.1, 0.15) is 5.25 Å². The topological polar surface area (TPSA) is 58.2 Å². The van der Waals surface area contributed by atoms with Crippen molar-refractivity contribution in [1.82, 2.24) is 0 Å². The van der Waals surface area contributed by atoms with Crippen LogP contribution in [0.3, 0.4) is 0 Å². The van der Waals surface area contributed by atoms with Gasteiger partial charge in [-0.2, -0.15) is 0 Å². The zero-order valence-corrected chi connectivity index (χ0v) is 19.7. The van der Waals surface area contributed by atoms with Crippen LogP contribution in [-0.2, 0) is 9.59 Å². The minimum absolute atomic E-state index is 0.0298. The molecule has 4 nitrogen and oxygen atoms in total. The molecule has 0 spiro atoms. The number of nitrogens with one attached hydrogen (secondary N) is 2. The molecule has 3 rings (SSSR count). The molecule has 1 atom stereocenters. The third-order valence-electron chi connectivity index (χ3n) is 5.26. The Labute approximate surface area is 194 Å². The fraction of sp³-hybridized carbons (Fsp3) is 0.259. The van der Waals surface area contributed by atoms with Crippen LogP contribution in [0.1, 0.15) is 48.1 Å². The van der Waals surface area contributed by atoms with Crippen LogP contribution in [0.25, 0.3) is 0 Å². The van der Waals surface area contributed by atoms with E-state index >= 15 is 0 Å². The smallest absolute Gasteiger partial charge is 0.242 e. The number of thioether (sulfide) groups is 1. The SMILES string of the molecule is CCCCC(=O)Nc1ccc(SC(C(=O)Nc2ccc(C)c(C)c2)c2ccccc2)cc1. The molecule has 0 aliphatic carbocycles. The van der Waals surface area contributed by atoms with Gasteiger partial charge >= 0.3 is 0 Å². The summed E-state index contributed by atoms with van der Waals surface area (Å²) in [6, 6.07) is 23.4. The summed E-state index contributed by atoms with van der Waals surface area (Å²) in [5, 5.41) is 5.60. The minimum Gasteiger partial charge on any atom is -0.326 e. The Hall–Kier alpha value is -3.05. The molecule has 2 amide bonds. The molecule has 0 radical (unpaired) electrons. The molecule has 0 aliphatic rings. The highest BCUT2D eigenvalue weighted by Gasteiger charge is 2.22. The number of carbonyl (C=O) groups excluding carboxylic acids is 2. The second-order valence-electron chi connectivity index (χ2n) is 7.87. The summed E-state index contributed by atoms with van der Waals surface area (Å²) < 4.78 is 0. The Bertz CT molecular complexity index is 1050. The van der Waals surface area contributed by atoms with E-state index < -0.39 is 5.25 Å². The number of unbranched alkanes of at least 4 members (excludes halogenated alkanes) is 1.